The molecule has 3 rings (SSSR count). The molecule has 0 bridgehead atoms. The van der Waals surface area contributed by atoms with Gasteiger partial charge < -0.3 is 9.32 Å². The van der Waals surface area contributed by atoms with Crippen molar-refractivity contribution in [3.05, 3.63) is 41.6 Å². The molecule has 1 aliphatic rings. The van der Waals surface area contributed by atoms with E-state index in [1.807, 2.05) is 11.8 Å². The molecule has 19 heavy (non-hydrogen) atoms. The van der Waals surface area contributed by atoms with Crippen LogP contribution < -0.4 is 0 Å². The van der Waals surface area contributed by atoms with Gasteiger partial charge in [-0.3, -0.25) is 9.89 Å². The number of amides is 1. The van der Waals surface area contributed by atoms with Gasteiger partial charge >= 0.3 is 0 Å². The van der Waals surface area contributed by atoms with Crippen LogP contribution in [0.3, 0.4) is 0 Å². The summed E-state index contributed by atoms with van der Waals surface area (Å²) in [6.07, 6.45) is 5.13. The van der Waals surface area contributed by atoms with Crippen LogP contribution in [0.4, 0.5) is 0 Å². The predicted molar refractivity (Wildman–Crippen MR) is 69.9 cm³/mol. The van der Waals surface area contributed by atoms with Gasteiger partial charge in [-0.15, -0.1) is 0 Å². The van der Waals surface area contributed by atoms with Crippen LogP contribution in [0.2, 0.25) is 0 Å². The van der Waals surface area contributed by atoms with Crippen LogP contribution in [0.15, 0.2) is 29.1 Å². The number of rotatable bonds is 2. The summed E-state index contributed by atoms with van der Waals surface area (Å²) in [5.74, 6) is 0.375. The van der Waals surface area contributed by atoms with Crippen molar-refractivity contribution >= 4 is 5.91 Å². The monoisotopic (exact) mass is 259 g/mol. The minimum Gasteiger partial charge on any atom is -0.472 e. The van der Waals surface area contributed by atoms with E-state index < -0.39 is 0 Å². The molecule has 100 valence electrons. The third-order valence-electron chi connectivity index (χ3n) is 3.62. The summed E-state index contributed by atoms with van der Waals surface area (Å²) in [6.45, 7) is 3.53. The molecular weight excluding hydrogens is 242 g/mol. The lowest BCUT2D eigenvalue weighted by Gasteiger charge is -2.31. The number of piperidine rings is 1. The van der Waals surface area contributed by atoms with Gasteiger partial charge in [0, 0.05) is 24.7 Å². The van der Waals surface area contributed by atoms with E-state index in [1.165, 1.54) is 12.5 Å². The standard InChI is InChI=1S/C14H17N3O2/c1-10-7-13(16-15-10)11-3-2-5-17(8-11)14(18)12-4-6-19-9-12/h4,6-7,9,11H,2-3,5,8H2,1H3,(H,15,16). The first-order chi connectivity index (χ1) is 9.24. The predicted octanol–water partition coefficient (Wildman–Crippen LogP) is 2.33. The van der Waals surface area contributed by atoms with Crippen molar-refractivity contribution in [2.75, 3.05) is 13.1 Å². The van der Waals surface area contributed by atoms with Crippen LogP contribution >= 0.6 is 0 Å². The second-order valence-corrected chi connectivity index (χ2v) is 5.08. The van der Waals surface area contributed by atoms with Crippen molar-refractivity contribution in [3.8, 4) is 0 Å². The lowest BCUT2D eigenvalue weighted by Crippen LogP contribution is -2.39. The molecule has 5 heteroatoms. The summed E-state index contributed by atoms with van der Waals surface area (Å²) in [6, 6.07) is 3.78. The summed E-state index contributed by atoms with van der Waals surface area (Å²) >= 11 is 0. The fraction of sp³-hybridized carbons (Fsp3) is 0.429. The molecule has 0 aliphatic carbocycles. The van der Waals surface area contributed by atoms with Gasteiger partial charge in [0.15, 0.2) is 0 Å². The molecule has 2 aromatic heterocycles. The molecule has 0 saturated carbocycles. The molecule has 1 atom stereocenters. The second kappa shape index (κ2) is 4.91. The van der Waals surface area contributed by atoms with Crippen LogP contribution in [0.25, 0.3) is 0 Å². The van der Waals surface area contributed by atoms with Gasteiger partial charge in [0.05, 0.1) is 17.5 Å². The topological polar surface area (TPSA) is 62.1 Å². The molecule has 3 heterocycles. The van der Waals surface area contributed by atoms with Crippen LogP contribution in [0.5, 0.6) is 0 Å². The highest BCUT2D eigenvalue weighted by Crippen LogP contribution is 2.26. The molecule has 1 saturated heterocycles. The molecule has 1 fully saturated rings. The normalized spacial score (nSPS) is 19.6. The summed E-state index contributed by atoms with van der Waals surface area (Å²) in [5, 5.41) is 7.28. The van der Waals surface area contributed by atoms with Crippen molar-refractivity contribution in [1.82, 2.24) is 15.1 Å². The zero-order valence-electron chi connectivity index (χ0n) is 10.9. The number of hydrogen-bond donors (Lipinski definition) is 1. The summed E-state index contributed by atoms with van der Waals surface area (Å²) < 4.78 is 4.98. The highest BCUT2D eigenvalue weighted by atomic mass is 16.3. The Kier molecular flexibility index (Phi) is 3.11. The number of nitrogens with one attached hydrogen (secondary N) is 1. The maximum atomic E-state index is 12.3. The lowest BCUT2D eigenvalue weighted by atomic mass is 9.94. The number of aromatic amines is 1. The molecule has 1 aliphatic heterocycles. The van der Waals surface area contributed by atoms with Gasteiger partial charge in [-0.05, 0) is 31.9 Å². The van der Waals surface area contributed by atoms with E-state index in [4.69, 9.17) is 4.42 Å². The molecule has 1 amide bonds. The molecule has 2 aromatic rings. The molecule has 5 nitrogen and oxygen atoms in total. The van der Waals surface area contributed by atoms with Gasteiger partial charge in [-0.1, -0.05) is 0 Å². The Hall–Kier alpha value is -2.04. The van der Waals surface area contributed by atoms with Crippen molar-refractivity contribution in [2.24, 2.45) is 0 Å². The first-order valence-electron chi connectivity index (χ1n) is 6.57. The SMILES string of the molecule is Cc1cc(C2CCCN(C(=O)c3ccoc3)C2)n[nH]1. The zero-order valence-corrected chi connectivity index (χ0v) is 10.9. The Labute approximate surface area is 111 Å². The number of likely N-dealkylation sites (tertiary alicyclic amines) is 1. The maximum Gasteiger partial charge on any atom is 0.257 e. The largest absolute Gasteiger partial charge is 0.472 e. The number of hydrogen-bond acceptors (Lipinski definition) is 3. The zero-order chi connectivity index (χ0) is 13.2. The first-order valence-corrected chi connectivity index (χ1v) is 6.57. The number of furan rings is 1. The summed E-state index contributed by atoms with van der Waals surface area (Å²) in [5.41, 5.74) is 2.74. The van der Waals surface area contributed by atoms with Crippen molar-refractivity contribution in [3.63, 3.8) is 0 Å². The van der Waals surface area contributed by atoms with Crippen LogP contribution in [-0.4, -0.2) is 34.1 Å². The van der Waals surface area contributed by atoms with Gasteiger partial charge in [-0.25, -0.2) is 0 Å². The summed E-state index contributed by atoms with van der Waals surface area (Å²) in [4.78, 5) is 14.2. The van der Waals surface area contributed by atoms with Crippen LogP contribution in [0, 0.1) is 6.92 Å². The number of carbonyl (C=O) groups excluding carboxylic acids is 1. The third-order valence-corrected chi connectivity index (χ3v) is 3.62. The molecule has 0 aromatic carbocycles. The highest BCUT2D eigenvalue weighted by Gasteiger charge is 2.27. The molecule has 0 radical (unpaired) electrons. The second-order valence-electron chi connectivity index (χ2n) is 5.08. The van der Waals surface area contributed by atoms with Crippen LogP contribution in [-0.2, 0) is 0 Å². The molecule has 1 N–H and O–H groups in total. The first kappa shape index (κ1) is 12.0. The Morgan fingerprint density at radius 2 is 2.47 bits per heavy atom. The molecular formula is C14H17N3O2. The van der Waals surface area contributed by atoms with E-state index in [-0.39, 0.29) is 5.91 Å². The quantitative estimate of drug-likeness (QED) is 0.900. The minimum absolute atomic E-state index is 0.0470. The van der Waals surface area contributed by atoms with Crippen molar-refractivity contribution in [1.29, 1.82) is 0 Å². The van der Waals surface area contributed by atoms with Gasteiger partial charge in [0.2, 0.25) is 0 Å². The third kappa shape index (κ3) is 2.41. The lowest BCUT2D eigenvalue weighted by molar-refractivity contribution is 0.0705. The number of nitrogens with zero attached hydrogens (tertiary/aromatic N) is 2. The number of aryl methyl sites for hydroxylation is 1. The average Bonchev–Trinajstić information content (AvgIpc) is 3.09. The number of H-pyrrole nitrogens is 1. The maximum absolute atomic E-state index is 12.3. The Balaban J connectivity index is 1.73. The van der Waals surface area contributed by atoms with E-state index in [0.717, 1.165) is 37.3 Å². The Morgan fingerprint density at radius 3 is 3.16 bits per heavy atom. The fourth-order valence-electron chi connectivity index (χ4n) is 2.62. The molecule has 0 spiro atoms. The molecule has 1 unspecified atom stereocenters. The van der Waals surface area contributed by atoms with Gasteiger partial charge in [-0.2, -0.15) is 5.10 Å². The van der Waals surface area contributed by atoms with E-state index in [1.54, 1.807) is 6.07 Å². The van der Waals surface area contributed by atoms with Gasteiger partial charge in [0.25, 0.3) is 5.91 Å². The fourth-order valence-corrected chi connectivity index (χ4v) is 2.62. The smallest absolute Gasteiger partial charge is 0.257 e. The Morgan fingerprint density at radius 1 is 1.58 bits per heavy atom. The number of aromatic nitrogens is 2. The van der Waals surface area contributed by atoms with E-state index in [9.17, 15) is 4.79 Å². The van der Waals surface area contributed by atoms with Crippen molar-refractivity contribution in [2.45, 2.75) is 25.7 Å². The minimum atomic E-state index is 0.0470. The average molecular weight is 259 g/mol. The Bertz CT molecular complexity index is 559. The highest BCUT2D eigenvalue weighted by molar-refractivity contribution is 5.93. The van der Waals surface area contributed by atoms with E-state index in [2.05, 4.69) is 16.3 Å². The number of carbonyl (C=O) groups is 1. The van der Waals surface area contributed by atoms with Crippen LogP contribution in [0.1, 0.15) is 40.5 Å². The van der Waals surface area contributed by atoms with E-state index in [0.29, 0.717) is 11.5 Å². The van der Waals surface area contributed by atoms with Crippen molar-refractivity contribution < 1.29 is 9.21 Å². The van der Waals surface area contributed by atoms with E-state index >= 15 is 0 Å². The van der Waals surface area contributed by atoms with Gasteiger partial charge in [0.1, 0.15) is 6.26 Å². The summed E-state index contributed by atoms with van der Waals surface area (Å²) in [7, 11) is 0.